The Bertz CT molecular complexity index is 364. The van der Waals surface area contributed by atoms with E-state index in [1.54, 1.807) is 0 Å². The molecule has 0 bridgehead atoms. The van der Waals surface area contributed by atoms with Crippen LogP contribution in [0.3, 0.4) is 0 Å². The number of hydrogen-bond acceptors (Lipinski definition) is 1. The van der Waals surface area contributed by atoms with Crippen molar-refractivity contribution in [3.05, 3.63) is 22.1 Å². The van der Waals surface area contributed by atoms with Crippen LogP contribution in [0.25, 0.3) is 0 Å². The van der Waals surface area contributed by atoms with E-state index >= 15 is 0 Å². The number of alkyl halides is 3. The van der Waals surface area contributed by atoms with Crippen molar-refractivity contribution >= 4 is 0 Å². The molecule has 0 saturated heterocycles. The molecule has 1 rings (SSSR count). The first-order valence-corrected chi connectivity index (χ1v) is 4.82. The Hall–Kier alpha value is -1.20. The monoisotopic (exact) mass is 222 g/mol. The van der Waals surface area contributed by atoms with Gasteiger partial charge in [-0.1, -0.05) is 19.8 Å². The molecule has 0 aliphatic carbocycles. The molecule has 1 aromatic heterocycles. The fourth-order valence-electron chi connectivity index (χ4n) is 1.27. The maximum Gasteiger partial charge on any atom is 0.432 e. The van der Waals surface area contributed by atoms with Crippen molar-refractivity contribution < 1.29 is 13.2 Å². The number of halogens is 3. The van der Waals surface area contributed by atoms with Gasteiger partial charge in [-0.25, -0.2) is 0 Å². The molecule has 0 amide bonds. The third-order valence-electron chi connectivity index (χ3n) is 2.08. The third kappa shape index (κ3) is 3.14. The fraction of sp³-hybridized carbons (Fsp3) is 0.667. The molecule has 0 radical (unpaired) electrons. The quantitative estimate of drug-likeness (QED) is 0.780. The number of rotatable bonds is 4. The van der Waals surface area contributed by atoms with Gasteiger partial charge in [-0.05, 0) is 6.42 Å². The van der Waals surface area contributed by atoms with Gasteiger partial charge in [0.25, 0.3) is 5.56 Å². The van der Waals surface area contributed by atoms with Crippen molar-refractivity contribution in [2.75, 3.05) is 0 Å². The highest BCUT2D eigenvalue weighted by molar-refractivity contribution is 5.03. The van der Waals surface area contributed by atoms with Gasteiger partial charge in [-0.3, -0.25) is 14.6 Å². The number of aryl methyl sites for hydroxylation is 1. The summed E-state index contributed by atoms with van der Waals surface area (Å²) in [5.41, 5.74) is -1.61. The lowest BCUT2D eigenvalue weighted by atomic mass is 10.2. The molecule has 0 aromatic carbocycles. The van der Waals surface area contributed by atoms with Crippen LogP contribution in [0.2, 0.25) is 0 Å². The average Bonchev–Trinajstić information content (AvgIpc) is 2.48. The summed E-state index contributed by atoms with van der Waals surface area (Å²) < 4.78 is 37.6. The van der Waals surface area contributed by atoms with E-state index in [2.05, 4.69) is 5.10 Å². The molecule has 0 aliphatic rings. The van der Waals surface area contributed by atoms with Gasteiger partial charge in [0.2, 0.25) is 0 Å². The number of aromatic nitrogens is 2. The summed E-state index contributed by atoms with van der Waals surface area (Å²) in [6.45, 7) is 2.29. The van der Waals surface area contributed by atoms with Crippen LogP contribution in [-0.2, 0) is 12.7 Å². The molecule has 1 N–H and O–H groups in total. The minimum absolute atomic E-state index is 0.308. The van der Waals surface area contributed by atoms with Gasteiger partial charge in [0, 0.05) is 12.6 Å². The summed E-state index contributed by atoms with van der Waals surface area (Å²) in [6, 6.07) is 0.589. The Labute approximate surface area is 84.9 Å². The Kier molecular flexibility index (Phi) is 3.60. The van der Waals surface area contributed by atoms with E-state index in [9.17, 15) is 18.0 Å². The first-order valence-electron chi connectivity index (χ1n) is 4.82. The Balaban J connectivity index is 2.74. The predicted molar refractivity (Wildman–Crippen MR) is 49.6 cm³/mol. The zero-order chi connectivity index (χ0) is 11.5. The highest BCUT2D eigenvalue weighted by Gasteiger charge is 2.33. The van der Waals surface area contributed by atoms with E-state index in [0.717, 1.165) is 17.5 Å². The van der Waals surface area contributed by atoms with Gasteiger partial charge >= 0.3 is 6.18 Å². The molecular weight excluding hydrogens is 209 g/mol. The smallest absolute Gasteiger partial charge is 0.291 e. The minimum Gasteiger partial charge on any atom is -0.291 e. The van der Waals surface area contributed by atoms with Crippen molar-refractivity contribution in [2.24, 2.45) is 0 Å². The molecule has 1 heterocycles. The van der Waals surface area contributed by atoms with Crippen LogP contribution in [0, 0.1) is 0 Å². The number of nitrogens with zero attached hydrogens (tertiary/aromatic N) is 1. The zero-order valence-electron chi connectivity index (χ0n) is 8.40. The van der Waals surface area contributed by atoms with Gasteiger partial charge in [-0.15, -0.1) is 0 Å². The van der Waals surface area contributed by atoms with Crippen LogP contribution in [0.4, 0.5) is 13.2 Å². The number of aromatic amines is 1. The highest BCUT2D eigenvalue weighted by atomic mass is 19.4. The van der Waals surface area contributed by atoms with Crippen LogP contribution in [0.5, 0.6) is 0 Å². The zero-order valence-corrected chi connectivity index (χ0v) is 8.40. The van der Waals surface area contributed by atoms with Gasteiger partial charge in [0.15, 0.2) is 0 Å². The van der Waals surface area contributed by atoms with Crippen molar-refractivity contribution in [3.63, 3.8) is 0 Å². The standard InChI is InChI=1S/C9H13F3N2O/c1-2-3-4-5-14-8(15)6-7(13-14)9(10,11)12/h6,13H,2-5H2,1H3. The molecule has 6 heteroatoms. The molecule has 0 spiro atoms. The predicted octanol–water partition coefficient (Wildman–Crippen LogP) is 2.39. The molecule has 0 saturated carbocycles. The van der Waals surface area contributed by atoms with Crippen LogP contribution in [0.1, 0.15) is 31.9 Å². The number of nitrogens with one attached hydrogen (secondary N) is 1. The fourth-order valence-corrected chi connectivity index (χ4v) is 1.27. The Morgan fingerprint density at radius 1 is 1.40 bits per heavy atom. The first kappa shape index (κ1) is 11.9. The minimum atomic E-state index is -4.48. The van der Waals surface area contributed by atoms with E-state index in [4.69, 9.17) is 0 Å². The van der Waals surface area contributed by atoms with Crippen molar-refractivity contribution in [2.45, 2.75) is 38.9 Å². The van der Waals surface area contributed by atoms with Gasteiger partial charge in [-0.2, -0.15) is 13.2 Å². The number of unbranched alkanes of at least 4 members (excludes halogenated alkanes) is 2. The van der Waals surface area contributed by atoms with Gasteiger partial charge < -0.3 is 0 Å². The summed E-state index contributed by atoms with van der Waals surface area (Å²) in [4.78, 5) is 11.1. The lowest BCUT2D eigenvalue weighted by Crippen LogP contribution is -2.16. The van der Waals surface area contributed by atoms with E-state index in [1.807, 2.05) is 6.92 Å². The second kappa shape index (κ2) is 4.55. The molecule has 0 atom stereocenters. The molecule has 86 valence electrons. The second-order valence-corrected chi connectivity index (χ2v) is 3.36. The maximum absolute atomic E-state index is 12.2. The van der Waals surface area contributed by atoms with Crippen molar-refractivity contribution in [1.29, 1.82) is 0 Å². The molecule has 3 nitrogen and oxygen atoms in total. The molecule has 15 heavy (non-hydrogen) atoms. The normalized spacial score (nSPS) is 12.0. The molecule has 1 aromatic rings. The first-order chi connectivity index (χ1) is 6.95. The Morgan fingerprint density at radius 2 is 2.07 bits per heavy atom. The number of H-pyrrole nitrogens is 1. The van der Waals surface area contributed by atoms with E-state index in [1.165, 1.54) is 0 Å². The third-order valence-corrected chi connectivity index (χ3v) is 2.08. The van der Waals surface area contributed by atoms with E-state index in [0.29, 0.717) is 19.0 Å². The SMILES string of the molecule is CCCCCn1[nH]c(C(F)(F)F)cc1=O. The molecular formula is C9H13F3N2O. The van der Waals surface area contributed by atoms with E-state index < -0.39 is 17.4 Å². The summed E-state index contributed by atoms with van der Waals surface area (Å²) >= 11 is 0. The number of hydrogen-bond donors (Lipinski definition) is 1. The van der Waals surface area contributed by atoms with Crippen LogP contribution >= 0.6 is 0 Å². The molecule has 0 fully saturated rings. The second-order valence-electron chi connectivity index (χ2n) is 3.36. The average molecular weight is 222 g/mol. The summed E-state index contributed by atoms with van der Waals surface area (Å²) in [5.74, 6) is 0. The maximum atomic E-state index is 12.2. The van der Waals surface area contributed by atoms with Crippen molar-refractivity contribution in [1.82, 2.24) is 9.78 Å². The molecule has 0 aliphatic heterocycles. The summed E-state index contributed by atoms with van der Waals surface area (Å²) in [6.07, 6.45) is -1.92. The summed E-state index contributed by atoms with van der Waals surface area (Å²) in [7, 11) is 0. The largest absolute Gasteiger partial charge is 0.432 e. The lowest BCUT2D eigenvalue weighted by molar-refractivity contribution is -0.141. The van der Waals surface area contributed by atoms with Crippen LogP contribution in [0.15, 0.2) is 10.9 Å². The van der Waals surface area contributed by atoms with Gasteiger partial charge in [0.1, 0.15) is 5.69 Å². The highest BCUT2D eigenvalue weighted by Crippen LogP contribution is 2.26. The topological polar surface area (TPSA) is 37.8 Å². The van der Waals surface area contributed by atoms with Crippen LogP contribution < -0.4 is 5.56 Å². The van der Waals surface area contributed by atoms with E-state index in [-0.39, 0.29) is 0 Å². The van der Waals surface area contributed by atoms with Crippen molar-refractivity contribution in [3.8, 4) is 0 Å². The lowest BCUT2D eigenvalue weighted by Gasteiger charge is -2.03. The van der Waals surface area contributed by atoms with Crippen LogP contribution in [-0.4, -0.2) is 9.78 Å². The summed E-state index contributed by atoms with van der Waals surface area (Å²) in [5, 5.41) is 2.06. The van der Waals surface area contributed by atoms with Gasteiger partial charge in [0.05, 0.1) is 0 Å². The molecule has 0 unspecified atom stereocenters. The Morgan fingerprint density at radius 3 is 2.53 bits per heavy atom.